The zero-order valence-electron chi connectivity index (χ0n) is 11.4. The lowest BCUT2D eigenvalue weighted by molar-refractivity contribution is -0.145. The van der Waals surface area contributed by atoms with Gasteiger partial charge in [-0.2, -0.15) is 0 Å². The number of carbonyl (C=O) groups is 1. The van der Waals surface area contributed by atoms with Crippen LogP contribution in [0, 0.1) is 0 Å². The van der Waals surface area contributed by atoms with E-state index in [1.54, 1.807) is 0 Å². The monoisotopic (exact) mass is 325 g/mol. The molecule has 0 radical (unpaired) electrons. The van der Waals surface area contributed by atoms with E-state index in [2.05, 4.69) is 15.9 Å². The van der Waals surface area contributed by atoms with Crippen molar-refractivity contribution in [3.63, 3.8) is 0 Å². The Morgan fingerprint density at radius 1 is 1.26 bits per heavy atom. The van der Waals surface area contributed by atoms with E-state index in [9.17, 15) is 9.90 Å². The van der Waals surface area contributed by atoms with Gasteiger partial charge in [-0.3, -0.25) is 4.79 Å². The molecule has 4 heteroatoms. The molecule has 0 aromatic heterocycles. The van der Waals surface area contributed by atoms with Gasteiger partial charge in [0.1, 0.15) is 0 Å². The van der Waals surface area contributed by atoms with Gasteiger partial charge in [-0.1, -0.05) is 41.3 Å². The Kier molecular flexibility index (Phi) is 4.19. The summed E-state index contributed by atoms with van der Waals surface area (Å²) in [6.07, 6.45) is 4.56. The number of halogens is 1. The van der Waals surface area contributed by atoms with Crippen molar-refractivity contribution in [2.24, 2.45) is 0 Å². The van der Waals surface area contributed by atoms with Gasteiger partial charge in [0.15, 0.2) is 0 Å². The average Bonchev–Trinajstić information content (AvgIpc) is 2.38. The second kappa shape index (κ2) is 5.53. The highest BCUT2D eigenvalue weighted by Gasteiger charge is 2.44. The molecule has 1 aromatic carbocycles. The fraction of sp³-hybridized carbons (Fsp3) is 0.533. The minimum atomic E-state index is -0.738. The number of carboxylic acid groups (broad SMARTS) is 1. The molecule has 1 N–H and O–H groups in total. The largest absolute Gasteiger partial charge is 0.481 e. The fourth-order valence-corrected chi connectivity index (χ4v) is 3.82. The lowest BCUT2D eigenvalue weighted by Gasteiger charge is -2.37. The number of hydrogen-bond acceptors (Lipinski definition) is 2. The maximum atomic E-state index is 12.0. The molecule has 1 aromatic rings. The van der Waals surface area contributed by atoms with Crippen LogP contribution in [-0.4, -0.2) is 25.2 Å². The van der Waals surface area contributed by atoms with Gasteiger partial charge in [-0.15, -0.1) is 0 Å². The molecular formula is C15H20BrNO2. The molecule has 1 saturated carbocycles. The van der Waals surface area contributed by atoms with Crippen molar-refractivity contribution in [1.29, 1.82) is 0 Å². The topological polar surface area (TPSA) is 40.5 Å². The van der Waals surface area contributed by atoms with Crippen LogP contribution in [0.3, 0.4) is 0 Å². The van der Waals surface area contributed by atoms with E-state index in [1.807, 2.05) is 37.2 Å². The molecule has 0 unspecified atom stereocenters. The average molecular weight is 326 g/mol. The minimum Gasteiger partial charge on any atom is -0.481 e. The Bertz CT molecular complexity index is 479. The molecule has 0 aliphatic heterocycles. The highest BCUT2D eigenvalue weighted by molar-refractivity contribution is 9.10. The smallest absolute Gasteiger partial charge is 0.314 e. The Hall–Kier alpha value is -1.03. The minimum absolute atomic E-state index is 0.692. The Morgan fingerprint density at radius 3 is 2.42 bits per heavy atom. The normalized spacial score (nSPS) is 18.1. The molecule has 1 fully saturated rings. The van der Waals surface area contributed by atoms with Crippen molar-refractivity contribution in [3.8, 4) is 0 Å². The summed E-state index contributed by atoms with van der Waals surface area (Å²) < 4.78 is 0.906. The maximum absolute atomic E-state index is 12.0. The number of rotatable bonds is 3. The standard InChI is InChI=1S/C15H20BrNO2/c1-17(2)12-8-6-7-11(16)13(12)15(14(18)19)9-4-3-5-10-15/h6-8H,3-5,9-10H2,1-2H3,(H,18,19). The van der Waals surface area contributed by atoms with Crippen LogP contribution in [0.2, 0.25) is 0 Å². The number of nitrogens with zero attached hydrogens (tertiary/aromatic N) is 1. The molecule has 0 spiro atoms. The van der Waals surface area contributed by atoms with Gasteiger partial charge in [0.25, 0.3) is 0 Å². The highest BCUT2D eigenvalue weighted by Crippen LogP contribution is 2.46. The first kappa shape index (κ1) is 14.4. The SMILES string of the molecule is CN(C)c1cccc(Br)c1C1(C(=O)O)CCCCC1. The van der Waals surface area contributed by atoms with Crippen molar-refractivity contribution in [3.05, 3.63) is 28.2 Å². The maximum Gasteiger partial charge on any atom is 0.314 e. The number of aliphatic carboxylic acids is 1. The molecule has 0 amide bonds. The quantitative estimate of drug-likeness (QED) is 0.918. The lowest BCUT2D eigenvalue weighted by Crippen LogP contribution is -2.39. The number of benzene rings is 1. The summed E-state index contributed by atoms with van der Waals surface area (Å²) in [6.45, 7) is 0. The van der Waals surface area contributed by atoms with Crippen LogP contribution in [0.5, 0.6) is 0 Å². The summed E-state index contributed by atoms with van der Waals surface area (Å²) >= 11 is 3.56. The zero-order valence-corrected chi connectivity index (χ0v) is 13.0. The van der Waals surface area contributed by atoms with E-state index < -0.39 is 11.4 Å². The van der Waals surface area contributed by atoms with Gasteiger partial charge < -0.3 is 10.0 Å². The first-order valence-corrected chi connectivity index (χ1v) is 7.48. The molecule has 2 rings (SSSR count). The second-order valence-corrected chi connectivity index (χ2v) is 6.33. The van der Waals surface area contributed by atoms with E-state index in [4.69, 9.17) is 0 Å². The van der Waals surface area contributed by atoms with Gasteiger partial charge in [0, 0.05) is 29.8 Å². The van der Waals surface area contributed by atoms with Crippen LogP contribution in [-0.2, 0) is 10.2 Å². The highest BCUT2D eigenvalue weighted by atomic mass is 79.9. The third kappa shape index (κ3) is 2.50. The van der Waals surface area contributed by atoms with Crippen molar-refractivity contribution < 1.29 is 9.90 Å². The van der Waals surface area contributed by atoms with E-state index in [1.165, 1.54) is 0 Å². The van der Waals surface area contributed by atoms with Crippen molar-refractivity contribution in [2.75, 3.05) is 19.0 Å². The summed E-state index contributed by atoms with van der Waals surface area (Å²) in [4.78, 5) is 14.0. The van der Waals surface area contributed by atoms with E-state index in [0.717, 1.165) is 47.8 Å². The molecule has 19 heavy (non-hydrogen) atoms. The third-order valence-electron chi connectivity index (χ3n) is 4.07. The molecule has 3 nitrogen and oxygen atoms in total. The lowest BCUT2D eigenvalue weighted by atomic mass is 9.69. The summed E-state index contributed by atoms with van der Waals surface area (Å²) in [6, 6.07) is 5.91. The van der Waals surface area contributed by atoms with Gasteiger partial charge >= 0.3 is 5.97 Å². The first-order valence-electron chi connectivity index (χ1n) is 6.69. The first-order chi connectivity index (χ1) is 8.99. The summed E-state index contributed by atoms with van der Waals surface area (Å²) in [7, 11) is 3.92. The fourth-order valence-electron chi connectivity index (χ4n) is 3.09. The molecule has 0 bridgehead atoms. The van der Waals surface area contributed by atoms with Crippen LogP contribution >= 0.6 is 15.9 Å². The zero-order chi connectivity index (χ0) is 14.0. The van der Waals surface area contributed by atoms with Crippen LogP contribution < -0.4 is 4.90 Å². The number of hydrogen-bond donors (Lipinski definition) is 1. The van der Waals surface area contributed by atoms with Crippen LogP contribution in [0.25, 0.3) is 0 Å². The van der Waals surface area contributed by atoms with Crippen LogP contribution in [0.1, 0.15) is 37.7 Å². The van der Waals surface area contributed by atoms with Crippen LogP contribution in [0.4, 0.5) is 5.69 Å². The van der Waals surface area contributed by atoms with E-state index >= 15 is 0 Å². The van der Waals surface area contributed by atoms with Crippen molar-refractivity contribution in [1.82, 2.24) is 0 Å². The summed E-state index contributed by atoms with van der Waals surface area (Å²) in [5.41, 5.74) is 1.20. The predicted octanol–water partition coefficient (Wildman–Crippen LogP) is 3.80. The van der Waals surface area contributed by atoms with Gasteiger partial charge in [0.2, 0.25) is 0 Å². The third-order valence-corrected chi connectivity index (χ3v) is 4.73. The molecule has 104 valence electrons. The Balaban J connectivity index is 2.62. The van der Waals surface area contributed by atoms with Crippen LogP contribution in [0.15, 0.2) is 22.7 Å². The van der Waals surface area contributed by atoms with Gasteiger partial charge in [-0.05, 0) is 25.0 Å². The second-order valence-electron chi connectivity index (χ2n) is 5.48. The molecular weight excluding hydrogens is 306 g/mol. The molecule has 0 heterocycles. The summed E-state index contributed by atoms with van der Waals surface area (Å²) in [5.74, 6) is -0.692. The predicted molar refractivity (Wildman–Crippen MR) is 80.9 cm³/mol. The molecule has 0 atom stereocenters. The van der Waals surface area contributed by atoms with Gasteiger partial charge in [-0.25, -0.2) is 0 Å². The Morgan fingerprint density at radius 2 is 1.89 bits per heavy atom. The molecule has 1 aliphatic rings. The van der Waals surface area contributed by atoms with Crippen molar-refractivity contribution >= 4 is 27.6 Å². The molecule has 1 aliphatic carbocycles. The van der Waals surface area contributed by atoms with E-state index in [0.29, 0.717) is 0 Å². The van der Waals surface area contributed by atoms with Gasteiger partial charge in [0.05, 0.1) is 5.41 Å². The molecule has 0 saturated heterocycles. The Labute approximate surface area is 122 Å². The van der Waals surface area contributed by atoms with E-state index in [-0.39, 0.29) is 0 Å². The summed E-state index contributed by atoms with van der Waals surface area (Å²) in [5, 5.41) is 9.83. The number of anilines is 1. The number of carboxylic acids is 1. The van der Waals surface area contributed by atoms with Crippen molar-refractivity contribution in [2.45, 2.75) is 37.5 Å².